The zero-order valence-electron chi connectivity index (χ0n) is 7.91. The van der Waals surface area contributed by atoms with Crippen LogP contribution in [-0.2, 0) is 0 Å². The highest BCUT2D eigenvalue weighted by Crippen LogP contribution is 2.20. The minimum Gasteiger partial charge on any atom is -0.255 e. The predicted octanol–water partition coefficient (Wildman–Crippen LogP) is 3.95. The lowest BCUT2D eigenvalue weighted by molar-refractivity contribution is 0.404. The molecule has 0 nitrogen and oxygen atoms in total. The van der Waals surface area contributed by atoms with Gasteiger partial charge in [0.2, 0.25) is 0 Å². The van der Waals surface area contributed by atoms with Crippen molar-refractivity contribution in [3.63, 3.8) is 0 Å². The average Bonchev–Trinajstić information content (AvgIpc) is 2.01. The summed E-state index contributed by atoms with van der Waals surface area (Å²) in [5.74, 6) is 1.02. The highest BCUT2D eigenvalue weighted by Gasteiger charge is 2.04. The quantitative estimate of drug-likeness (QED) is 0.503. The third-order valence-electron chi connectivity index (χ3n) is 2.39. The van der Waals surface area contributed by atoms with Crippen LogP contribution in [0.5, 0.6) is 0 Å². The highest BCUT2D eigenvalue weighted by molar-refractivity contribution is 4.58. The molecule has 1 heteroatoms. The first kappa shape index (κ1) is 10.9. The number of rotatable bonds is 0. The van der Waals surface area contributed by atoms with Gasteiger partial charge in [0.15, 0.2) is 0 Å². The molecule has 1 aliphatic rings. The normalized spacial score (nSPS) is 21.0. The van der Waals surface area contributed by atoms with E-state index in [1.807, 2.05) is 0 Å². The molecule has 0 spiro atoms. The molecule has 0 bridgehead atoms. The number of hydrogen-bond donors (Lipinski definition) is 0. The Hall–Kier alpha value is -0.0700. The van der Waals surface area contributed by atoms with Crippen LogP contribution in [0.4, 0.5) is 4.39 Å². The molecule has 0 saturated heterocycles. The minimum atomic E-state index is 0.500. The van der Waals surface area contributed by atoms with Crippen LogP contribution in [0.25, 0.3) is 0 Å². The third-order valence-corrected chi connectivity index (χ3v) is 2.39. The highest BCUT2D eigenvalue weighted by atomic mass is 19.1. The largest absolute Gasteiger partial charge is 0.255 e. The summed E-state index contributed by atoms with van der Waals surface area (Å²) in [6.07, 6.45) is 10.4. The number of halogens is 1. The standard InChI is InChI=1S/C9H18.CH3F/c1-9-7-5-3-2-4-6-8-9;1-2/h9H,2-8H2,1H3;1H3. The van der Waals surface area contributed by atoms with Gasteiger partial charge in [-0.05, 0) is 5.92 Å². The van der Waals surface area contributed by atoms with E-state index in [-0.39, 0.29) is 0 Å². The average molecular weight is 160 g/mol. The molecule has 0 amide bonds. The Morgan fingerprint density at radius 1 is 0.818 bits per heavy atom. The number of alkyl halides is 1. The smallest absolute Gasteiger partial charge is 0.0785 e. The molecule has 1 fully saturated rings. The van der Waals surface area contributed by atoms with Crippen LogP contribution < -0.4 is 0 Å². The molecule has 0 heterocycles. The summed E-state index contributed by atoms with van der Waals surface area (Å²) < 4.78 is 9.50. The van der Waals surface area contributed by atoms with Gasteiger partial charge in [-0.25, -0.2) is 0 Å². The molecule has 0 unspecified atom stereocenters. The van der Waals surface area contributed by atoms with Crippen molar-refractivity contribution in [1.82, 2.24) is 0 Å². The van der Waals surface area contributed by atoms with E-state index in [9.17, 15) is 4.39 Å². The van der Waals surface area contributed by atoms with Gasteiger partial charge in [0.1, 0.15) is 0 Å². The van der Waals surface area contributed by atoms with E-state index in [4.69, 9.17) is 0 Å². The van der Waals surface area contributed by atoms with Gasteiger partial charge in [0.05, 0.1) is 7.18 Å². The fourth-order valence-corrected chi connectivity index (χ4v) is 1.66. The molecule has 0 aromatic carbocycles. The summed E-state index contributed by atoms with van der Waals surface area (Å²) in [6, 6.07) is 0. The second-order valence-electron chi connectivity index (χ2n) is 3.45. The first-order valence-electron chi connectivity index (χ1n) is 4.77. The fraction of sp³-hybridized carbons (Fsp3) is 1.00. The van der Waals surface area contributed by atoms with Crippen molar-refractivity contribution in [2.24, 2.45) is 5.92 Å². The van der Waals surface area contributed by atoms with E-state index in [2.05, 4.69) is 6.92 Å². The van der Waals surface area contributed by atoms with Crippen molar-refractivity contribution < 1.29 is 4.39 Å². The Morgan fingerprint density at radius 3 is 1.64 bits per heavy atom. The lowest BCUT2D eigenvalue weighted by Gasteiger charge is -2.13. The first-order valence-corrected chi connectivity index (χ1v) is 4.77. The molecule has 0 radical (unpaired) electrons. The molecule has 0 N–H and O–H groups in total. The Bertz CT molecular complexity index is 63.3. The van der Waals surface area contributed by atoms with Crippen molar-refractivity contribution in [3.8, 4) is 0 Å². The van der Waals surface area contributed by atoms with Crippen LogP contribution >= 0.6 is 0 Å². The topological polar surface area (TPSA) is 0 Å². The molecule has 0 aromatic heterocycles. The van der Waals surface area contributed by atoms with Crippen molar-refractivity contribution in [2.45, 2.75) is 51.9 Å². The molecule has 1 aliphatic carbocycles. The predicted molar refractivity (Wildman–Crippen MR) is 48.5 cm³/mol. The van der Waals surface area contributed by atoms with Crippen LogP contribution in [0.3, 0.4) is 0 Å². The van der Waals surface area contributed by atoms with Crippen LogP contribution in [0.15, 0.2) is 0 Å². The maximum Gasteiger partial charge on any atom is 0.0785 e. The maximum absolute atomic E-state index is 9.50. The van der Waals surface area contributed by atoms with E-state index >= 15 is 0 Å². The summed E-state index contributed by atoms with van der Waals surface area (Å²) in [5, 5.41) is 0. The molecule has 11 heavy (non-hydrogen) atoms. The van der Waals surface area contributed by atoms with Gasteiger partial charge in [-0.1, -0.05) is 51.9 Å². The van der Waals surface area contributed by atoms with Crippen molar-refractivity contribution in [1.29, 1.82) is 0 Å². The van der Waals surface area contributed by atoms with Gasteiger partial charge in [0, 0.05) is 0 Å². The van der Waals surface area contributed by atoms with E-state index in [1.165, 1.54) is 44.9 Å². The molecule has 68 valence electrons. The van der Waals surface area contributed by atoms with Crippen LogP contribution in [0, 0.1) is 5.92 Å². The van der Waals surface area contributed by atoms with Gasteiger partial charge in [-0.15, -0.1) is 0 Å². The SMILES string of the molecule is CC1CCCCCCC1.CF. The second-order valence-corrected chi connectivity index (χ2v) is 3.45. The van der Waals surface area contributed by atoms with Crippen molar-refractivity contribution >= 4 is 0 Å². The zero-order valence-corrected chi connectivity index (χ0v) is 7.91. The lowest BCUT2D eigenvalue weighted by atomic mass is 9.93. The van der Waals surface area contributed by atoms with Gasteiger partial charge in [-0.2, -0.15) is 0 Å². The van der Waals surface area contributed by atoms with Crippen molar-refractivity contribution in [3.05, 3.63) is 0 Å². The van der Waals surface area contributed by atoms with E-state index in [0.717, 1.165) is 5.92 Å². The van der Waals surface area contributed by atoms with Crippen LogP contribution in [-0.4, -0.2) is 7.18 Å². The lowest BCUT2D eigenvalue weighted by Crippen LogP contribution is -1.97. The Kier molecular flexibility index (Phi) is 7.98. The molecule has 0 atom stereocenters. The third kappa shape index (κ3) is 6.33. The van der Waals surface area contributed by atoms with E-state index in [1.54, 1.807) is 0 Å². The van der Waals surface area contributed by atoms with Gasteiger partial charge in [0.25, 0.3) is 0 Å². The molecule has 0 aliphatic heterocycles. The summed E-state index contributed by atoms with van der Waals surface area (Å²) in [4.78, 5) is 0. The van der Waals surface area contributed by atoms with E-state index < -0.39 is 0 Å². The monoisotopic (exact) mass is 160 g/mol. The fourth-order valence-electron chi connectivity index (χ4n) is 1.66. The molecular weight excluding hydrogens is 139 g/mol. The number of hydrogen-bond acceptors (Lipinski definition) is 0. The van der Waals surface area contributed by atoms with Crippen LogP contribution in [0.1, 0.15) is 51.9 Å². The molecule has 1 rings (SSSR count). The first-order chi connectivity index (χ1) is 5.39. The molecular formula is C10H21F. The van der Waals surface area contributed by atoms with Crippen LogP contribution in [0.2, 0.25) is 0 Å². The summed E-state index contributed by atoms with van der Waals surface area (Å²) in [7, 11) is 0.500. The molecule has 0 aromatic rings. The van der Waals surface area contributed by atoms with Gasteiger partial charge < -0.3 is 0 Å². The summed E-state index contributed by atoms with van der Waals surface area (Å²) >= 11 is 0. The Morgan fingerprint density at radius 2 is 1.18 bits per heavy atom. The van der Waals surface area contributed by atoms with Crippen molar-refractivity contribution in [2.75, 3.05) is 7.18 Å². The van der Waals surface area contributed by atoms with Gasteiger partial charge in [-0.3, -0.25) is 4.39 Å². The van der Waals surface area contributed by atoms with E-state index in [0.29, 0.717) is 7.18 Å². The van der Waals surface area contributed by atoms with Gasteiger partial charge >= 0.3 is 0 Å². The minimum absolute atomic E-state index is 0.500. The maximum atomic E-state index is 9.50. The Balaban J connectivity index is 0.000000461. The molecule has 1 saturated carbocycles. The summed E-state index contributed by atoms with van der Waals surface area (Å²) in [6.45, 7) is 2.39. The Labute approximate surface area is 70.2 Å². The second kappa shape index (κ2) is 8.03. The summed E-state index contributed by atoms with van der Waals surface area (Å²) in [5.41, 5.74) is 0. The zero-order chi connectivity index (χ0) is 8.53.